The van der Waals surface area contributed by atoms with Crippen molar-refractivity contribution in [2.24, 2.45) is 0 Å². The maximum Gasteiger partial charge on any atom is 0 e. The Bertz CT molecular complexity index is 84.6. The predicted molar refractivity (Wildman–Crippen MR) is 26.2 cm³/mol. The first-order chi connectivity index (χ1) is 2.56. The van der Waals surface area contributed by atoms with Gasteiger partial charge in [0.05, 0.1) is 0 Å². The molecule has 0 unspecified atom stereocenters. The van der Waals surface area contributed by atoms with E-state index in [-0.39, 0.29) is 53.0 Å². The van der Waals surface area contributed by atoms with E-state index in [0.717, 1.165) is 7.11 Å². The van der Waals surface area contributed by atoms with Crippen LogP contribution in [0, 0.1) is 0 Å². The quantitative estimate of drug-likeness (QED) is 0.451. The molecular weight excluding hydrogens is 225 g/mol. The van der Waals surface area contributed by atoms with Gasteiger partial charge in [-0.25, -0.2) is 4.57 Å². The van der Waals surface area contributed by atoms with E-state index in [4.69, 9.17) is 9.79 Å². The Kier molecular flexibility index (Phi) is 24.3. The zero-order valence-electron chi connectivity index (χ0n) is 3.89. The first kappa shape index (κ1) is 22.4. The van der Waals surface area contributed by atoms with Crippen LogP contribution in [0.15, 0.2) is 0 Å². The topological polar surface area (TPSA) is 66.8 Å². The van der Waals surface area contributed by atoms with E-state index in [1.54, 1.807) is 0 Å². The molecule has 2 N–H and O–H groups in total. The van der Waals surface area contributed by atoms with Gasteiger partial charge in [0.25, 0.3) is 0 Å². The van der Waals surface area contributed by atoms with Crippen LogP contribution < -0.4 is 0 Å². The number of phosphoric acid groups is 1. The Morgan fingerprint density at radius 3 is 1.56 bits per heavy atom. The molecule has 4 nitrogen and oxygen atoms in total. The van der Waals surface area contributed by atoms with E-state index in [9.17, 15) is 4.57 Å². The van der Waals surface area contributed by atoms with Crippen molar-refractivity contribution in [2.75, 3.05) is 7.11 Å². The van der Waals surface area contributed by atoms with Gasteiger partial charge < -0.3 is 9.79 Å². The molecule has 8 heteroatoms. The van der Waals surface area contributed by atoms with Gasteiger partial charge in [-0.1, -0.05) is 0 Å². The molecule has 0 amide bonds. The maximum absolute atomic E-state index is 9.47. The second kappa shape index (κ2) is 9.75. The van der Waals surface area contributed by atoms with Crippen LogP contribution in [-0.2, 0) is 43.2 Å². The third kappa shape index (κ3) is 26.0. The summed E-state index contributed by atoms with van der Waals surface area (Å²) >= 11 is 0. The van der Waals surface area contributed by atoms with Gasteiger partial charge in [0.1, 0.15) is 0 Å². The summed E-state index contributed by atoms with van der Waals surface area (Å²) in [6.45, 7) is 0. The smallest absolute Gasteiger partial charge is 0 e. The van der Waals surface area contributed by atoms with Crippen LogP contribution in [0.25, 0.3) is 0 Å². The zero-order chi connectivity index (χ0) is 5.21. The van der Waals surface area contributed by atoms with Crippen molar-refractivity contribution in [3.05, 3.63) is 0 Å². The molecule has 0 saturated heterocycles. The van der Waals surface area contributed by atoms with Crippen molar-refractivity contribution >= 4 is 26.7 Å². The summed E-state index contributed by atoms with van der Waals surface area (Å²) < 4.78 is 13.1. The van der Waals surface area contributed by atoms with Crippen molar-refractivity contribution in [2.45, 2.75) is 0 Å². The van der Waals surface area contributed by atoms with Gasteiger partial charge in [0.15, 0.2) is 0 Å². The standard InChI is InChI=1S/CH5O4P.Fe.Li.Mn.H/c1-5-6(2,3)4;;;;/h1H3,(H2,2,3,4);;;;. The average Bonchev–Trinajstić information content (AvgIpc) is 1.35. The number of rotatable bonds is 1. The minimum Gasteiger partial charge on any atom is 0 e. The second-order valence-electron chi connectivity index (χ2n) is 0.673. The molecular formula is CH6FeLiMnO4P. The molecule has 0 aliphatic heterocycles. The van der Waals surface area contributed by atoms with Crippen LogP contribution in [0.4, 0.5) is 0 Å². The molecule has 0 spiro atoms. The zero-order valence-corrected chi connectivity index (χ0v) is 7.07. The third-order valence-corrected chi connectivity index (χ3v) is 0.714. The largest absolute Gasteiger partial charge is 0 e. The molecule has 9 heavy (non-hydrogen) atoms. The first-order valence-corrected chi connectivity index (χ1v) is 2.70. The van der Waals surface area contributed by atoms with Crippen molar-refractivity contribution < 1.29 is 53.0 Å². The molecule has 55 valence electrons. The first-order valence-electron chi connectivity index (χ1n) is 1.17. The SMILES string of the molecule is COP(=O)(O)O.[Fe].[LiH].[Mn]. The second-order valence-corrected chi connectivity index (χ2v) is 2.02. The van der Waals surface area contributed by atoms with Crippen LogP contribution in [-0.4, -0.2) is 35.8 Å². The van der Waals surface area contributed by atoms with Crippen LogP contribution >= 0.6 is 7.82 Å². The van der Waals surface area contributed by atoms with Crippen LogP contribution in [0.5, 0.6) is 0 Å². The summed E-state index contributed by atoms with van der Waals surface area (Å²) in [7, 11) is -3.20. The van der Waals surface area contributed by atoms with Crippen molar-refractivity contribution in [1.82, 2.24) is 0 Å². The molecule has 0 aliphatic rings. The van der Waals surface area contributed by atoms with Crippen LogP contribution in [0.1, 0.15) is 0 Å². The summed E-state index contributed by atoms with van der Waals surface area (Å²) in [5.41, 5.74) is 0. The Balaban J connectivity index is -0.0000000417. The summed E-state index contributed by atoms with van der Waals surface area (Å²) in [6.07, 6.45) is 0. The summed E-state index contributed by atoms with van der Waals surface area (Å²) in [5, 5.41) is 0. The van der Waals surface area contributed by atoms with Gasteiger partial charge >= 0.3 is 26.7 Å². The fourth-order valence-corrected chi connectivity index (χ4v) is 0. The van der Waals surface area contributed by atoms with Gasteiger partial charge in [-0.3, -0.25) is 4.52 Å². The number of hydrogen-bond donors (Lipinski definition) is 2. The maximum atomic E-state index is 9.47. The summed E-state index contributed by atoms with van der Waals surface area (Å²) in [4.78, 5) is 15.4. The molecule has 0 saturated carbocycles. The van der Waals surface area contributed by atoms with Gasteiger partial charge in [-0.15, -0.1) is 0 Å². The minimum absolute atomic E-state index is 0. The van der Waals surface area contributed by atoms with E-state index in [2.05, 4.69) is 4.52 Å². The fourth-order valence-electron chi connectivity index (χ4n) is 0. The third-order valence-electron chi connectivity index (χ3n) is 0.238. The molecule has 1 radical (unpaired) electrons. The Hall–Kier alpha value is 1.75. The van der Waals surface area contributed by atoms with Crippen LogP contribution in [0.3, 0.4) is 0 Å². The Labute approximate surface area is 86.5 Å². The van der Waals surface area contributed by atoms with Crippen molar-refractivity contribution in [3.63, 3.8) is 0 Å². The molecule has 0 bridgehead atoms. The molecule has 0 rings (SSSR count). The summed E-state index contributed by atoms with van der Waals surface area (Å²) in [6, 6.07) is 0. The van der Waals surface area contributed by atoms with Crippen molar-refractivity contribution in [1.29, 1.82) is 0 Å². The van der Waals surface area contributed by atoms with E-state index < -0.39 is 7.82 Å². The van der Waals surface area contributed by atoms with E-state index >= 15 is 0 Å². The normalized spacial score (nSPS) is 7.89. The summed E-state index contributed by atoms with van der Waals surface area (Å²) in [5.74, 6) is 0. The molecule has 0 aliphatic carbocycles. The molecule has 0 aromatic rings. The van der Waals surface area contributed by atoms with Gasteiger partial charge in [-0.2, -0.15) is 0 Å². The van der Waals surface area contributed by atoms with Gasteiger partial charge in [-0.05, 0) is 0 Å². The predicted octanol–water partition coefficient (Wildman–Crippen LogP) is -0.928. The Morgan fingerprint density at radius 2 is 1.56 bits per heavy atom. The molecule has 0 heterocycles. The van der Waals surface area contributed by atoms with Gasteiger partial charge in [0.2, 0.25) is 0 Å². The molecule has 0 fully saturated rings. The van der Waals surface area contributed by atoms with Gasteiger partial charge in [0, 0.05) is 41.2 Å². The molecule has 0 atom stereocenters. The number of phosphoric ester groups is 1. The Morgan fingerprint density at radius 1 is 1.44 bits per heavy atom. The van der Waals surface area contributed by atoms with Crippen molar-refractivity contribution in [3.8, 4) is 0 Å². The van der Waals surface area contributed by atoms with E-state index in [1.165, 1.54) is 0 Å². The van der Waals surface area contributed by atoms with E-state index in [1.807, 2.05) is 0 Å². The number of hydrogen-bond acceptors (Lipinski definition) is 2. The minimum atomic E-state index is -4.15. The average molecular weight is 231 g/mol. The monoisotopic (exact) mass is 231 g/mol. The molecule has 0 aromatic carbocycles. The van der Waals surface area contributed by atoms with Crippen LogP contribution in [0.2, 0.25) is 0 Å². The fraction of sp³-hybridized carbons (Fsp3) is 1.00. The van der Waals surface area contributed by atoms with E-state index in [0.29, 0.717) is 0 Å². The molecule has 0 aromatic heterocycles.